The molecule has 0 saturated carbocycles. The van der Waals surface area contributed by atoms with Crippen LogP contribution in [0, 0.1) is 5.92 Å². The molecule has 1 saturated heterocycles. The van der Waals surface area contributed by atoms with Crippen LogP contribution in [0.15, 0.2) is 53.8 Å². The molecule has 6 heteroatoms. The molecule has 6 rings (SSSR count). The Hall–Kier alpha value is -3.25. The number of likely N-dealkylation sites (tertiary alicyclic amines) is 1. The van der Waals surface area contributed by atoms with Gasteiger partial charge in [0.1, 0.15) is 6.10 Å². The van der Waals surface area contributed by atoms with Gasteiger partial charge in [0, 0.05) is 49.3 Å². The molecule has 2 aromatic heterocycles. The number of allylic oxidation sites excluding steroid dienone is 1. The Morgan fingerprint density at radius 2 is 2.15 bits per heavy atom. The zero-order chi connectivity index (χ0) is 22.5. The predicted octanol–water partition coefficient (Wildman–Crippen LogP) is 4.09. The highest BCUT2D eigenvalue weighted by Crippen LogP contribution is 2.35. The van der Waals surface area contributed by atoms with Crippen molar-refractivity contribution in [2.45, 2.75) is 44.8 Å². The Kier molecular flexibility index (Phi) is 4.91. The van der Waals surface area contributed by atoms with Crippen LogP contribution in [0.25, 0.3) is 17.0 Å². The minimum atomic E-state index is -0.838. The number of para-hydroxylation sites is 1. The second-order valence-corrected chi connectivity index (χ2v) is 9.55. The third-order valence-electron chi connectivity index (χ3n) is 7.48. The molecule has 0 radical (unpaired) electrons. The molecule has 1 unspecified atom stereocenters. The Morgan fingerprint density at radius 3 is 3.03 bits per heavy atom. The van der Waals surface area contributed by atoms with Gasteiger partial charge in [-0.1, -0.05) is 37.3 Å². The zero-order valence-corrected chi connectivity index (χ0v) is 18.8. The van der Waals surface area contributed by atoms with E-state index in [1.54, 1.807) is 0 Å². The number of aromatic nitrogens is 2. The molecule has 1 aliphatic carbocycles. The average molecular weight is 441 g/mol. The van der Waals surface area contributed by atoms with Gasteiger partial charge in [-0.15, -0.1) is 0 Å². The quantitative estimate of drug-likeness (QED) is 0.664. The van der Waals surface area contributed by atoms with Crippen LogP contribution in [-0.4, -0.2) is 50.4 Å². The largest absolute Gasteiger partial charge is 0.387 e. The van der Waals surface area contributed by atoms with E-state index in [1.165, 1.54) is 11.1 Å². The van der Waals surface area contributed by atoms with Crippen LogP contribution in [0.4, 0.5) is 5.69 Å². The lowest BCUT2D eigenvalue weighted by atomic mass is 9.92. The normalized spacial score (nSPS) is 22.4. The van der Waals surface area contributed by atoms with Crippen molar-refractivity contribution in [3.8, 4) is 0 Å². The Labute approximate surface area is 193 Å². The molecule has 0 bridgehead atoms. The highest BCUT2D eigenvalue weighted by Gasteiger charge is 2.33. The summed E-state index contributed by atoms with van der Waals surface area (Å²) in [5.74, 6) is 0.457. The van der Waals surface area contributed by atoms with Gasteiger partial charge in [-0.3, -0.25) is 14.8 Å². The summed E-state index contributed by atoms with van der Waals surface area (Å²) in [5, 5.41) is 11.9. The van der Waals surface area contributed by atoms with Gasteiger partial charge in [0.25, 0.3) is 0 Å². The van der Waals surface area contributed by atoms with Crippen molar-refractivity contribution in [2.75, 3.05) is 13.1 Å². The summed E-state index contributed by atoms with van der Waals surface area (Å²) >= 11 is 0. The lowest BCUT2D eigenvalue weighted by molar-refractivity contribution is -0.134. The summed E-state index contributed by atoms with van der Waals surface area (Å²) in [7, 11) is 0. The SMILES string of the molecule is C[C@@H]1CCN(C(=O)CC(O)C2=Nc3ccccc3C2)C[C@@H]1n1ccc2cnc3c(c21)C=CC3. The van der Waals surface area contributed by atoms with Crippen LogP contribution < -0.4 is 0 Å². The first-order chi connectivity index (χ1) is 16.1. The highest BCUT2D eigenvalue weighted by molar-refractivity contribution is 5.99. The monoisotopic (exact) mass is 440 g/mol. The molecule has 3 aromatic rings. The van der Waals surface area contributed by atoms with Crippen LogP contribution in [0.1, 0.15) is 42.6 Å². The smallest absolute Gasteiger partial charge is 0.225 e. The lowest BCUT2D eigenvalue weighted by Gasteiger charge is -2.38. The first-order valence-corrected chi connectivity index (χ1v) is 11.8. The van der Waals surface area contributed by atoms with Crippen LogP contribution in [0.3, 0.4) is 0 Å². The fraction of sp³-hybridized carbons (Fsp3) is 0.370. The number of aliphatic imine (C=N–C) groups is 1. The fourth-order valence-corrected chi connectivity index (χ4v) is 5.52. The van der Waals surface area contributed by atoms with E-state index in [2.05, 4.69) is 45.9 Å². The number of rotatable bonds is 4. The maximum atomic E-state index is 13.2. The van der Waals surface area contributed by atoms with Crippen molar-refractivity contribution >= 4 is 34.3 Å². The maximum Gasteiger partial charge on any atom is 0.225 e. The molecule has 3 aliphatic rings. The number of hydrogen-bond donors (Lipinski definition) is 1. The number of amides is 1. The molecular formula is C27H28N4O2. The molecule has 1 fully saturated rings. The van der Waals surface area contributed by atoms with E-state index in [0.29, 0.717) is 24.6 Å². The highest BCUT2D eigenvalue weighted by atomic mass is 16.3. The Balaban J connectivity index is 1.20. The van der Waals surface area contributed by atoms with Crippen molar-refractivity contribution in [1.29, 1.82) is 0 Å². The summed E-state index contributed by atoms with van der Waals surface area (Å²) in [5.41, 5.74) is 6.27. The maximum absolute atomic E-state index is 13.2. The van der Waals surface area contributed by atoms with Crippen molar-refractivity contribution in [3.05, 3.63) is 65.6 Å². The minimum Gasteiger partial charge on any atom is -0.387 e. The number of carbonyl (C=O) groups is 1. The number of fused-ring (bicyclic) bond motifs is 4. The summed E-state index contributed by atoms with van der Waals surface area (Å²) in [6.07, 6.45) is 10.1. The third kappa shape index (κ3) is 3.49. The summed E-state index contributed by atoms with van der Waals surface area (Å²) < 4.78 is 2.35. The van der Waals surface area contributed by atoms with Gasteiger partial charge in [-0.25, -0.2) is 0 Å². The van der Waals surface area contributed by atoms with Gasteiger partial charge in [0.15, 0.2) is 0 Å². The summed E-state index contributed by atoms with van der Waals surface area (Å²) in [6, 6.07) is 10.2. The average Bonchev–Trinajstić information content (AvgIpc) is 3.55. The van der Waals surface area contributed by atoms with Crippen LogP contribution in [0.2, 0.25) is 0 Å². The molecular weight excluding hydrogens is 412 g/mol. The summed E-state index contributed by atoms with van der Waals surface area (Å²) in [4.78, 5) is 24.3. The molecule has 4 heterocycles. The number of hydrogen-bond acceptors (Lipinski definition) is 4. The van der Waals surface area contributed by atoms with Gasteiger partial charge >= 0.3 is 0 Å². The second kappa shape index (κ2) is 7.96. The number of aliphatic hydroxyl groups is 1. The molecule has 6 nitrogen and oxygen atoms in total. The van der Waals surface area contributed by atoms with Gasteiger partial charge in [0.2, 0.25) is 5.91 Å². The van der Waals surface area contributed by atoms with E-state index in [1.807, 2.05) is 35.4 Å². The fourth-order valence-electron chi connectivity index (χ4n) is 5.52. The molecule has 33 heavy (non-hydrogen) atoms. The van der Waals surface area contributed by atoms with E-state index >= 15 is 0 Å². The van der Waals surface area contributed by atoms with Gasteiger partial charge in [-0.2, -0.15) is 0 Å². The first-order valence-electron chi connectivity index (χ1n) is 11.8. The third-order valence-corrected chi connectivity index (χ3v) is 7.48. The van der Waals surface area contributed by atoms with E-state index in [-0.39, 0.29) is 18.4 Å². The molecule has 168 valence electrons. The molecule has 1 N–H and O–H groups in total. The Morgan fingerprint density at radius 1 is 1.27 bits per heavy atom. The van der Waals surface area contributed by atoms with E-state index in [4.69, 9.17) is 0 Å². The Bertz CT molecular complexity index is 1300. The van der Waals surface area contributed by atoms with Crippen LogP contribution >= 0.6 is 0 Å². The van der Waals surface area contributed by atoms with E-state index in [0.717, 1.165) is 41.7 Å². The number of carbonyl (C=O) groups excluding carboxylic acids is 1. The first kappa shape index (κ1) is 20.4. The molecule has 0 spiro atoms. The van der Waals surface area contributed by atoms with Crippen molar-refractivity contribution in [1.82, 2.24) is 14.5 Å². The minimum absolute atomic E-state index is 0.00121. The molecule has 3 atom stereocenters. The van der Waals surface area contributed by atoms with E-state index < -0.39 is 6.10 Å². The molecule has 1 aromatic carbocycles. The topological polar surface area (TPSA) is 70.7 Å². The molecule has 1 amide bonds. The number of nitrogens with zero attached hydrogens (tertiary/aromatic N) is 4. The van der Waals surface area contributed by atoms with Crippen molar-refractivity contribution in [2.24, 2.45) is 10.9 Å². The predicted molar refractivity (Wildman–Crippen MR) is 130 cm³/mol. The number of pyridine rings is 1. The van der Waals surface area contributed by atoms with Gasteiger partial charge in [0.05, 0.1) is 35.1 Å². The number of piperidine rings is 1. The van der Waals surface area contributed by atoms with Gasteiger partial charge < -0.3 is 14.6 Å². The second-order valence-electron chi connectivity index (χ2n) is 9.55. The van der Waals surface area contributed by atoms with Crippen molar-refractivity contribution in [3.63, 3.8) is 0 Å². The van der Waals surface area contributed by atoms with Crippen LogP contribution in [-0.2, 0) is 17.6 Å². The van der Waals surface area contributed by atoms with Crippen molar-refractivity contribution < 1.29 is 9.90 Å². The standard InChI is InChI=1S/C27H28N4O2/c1-17-9-11-30(26(33)14-25(32)23-13-18-5-2-3-7-21(18)29-23)16-24(17)31-12-10-19-15-28-22-8-4-6-20(22)27(19)31/h2-7,10,12,15,17,24-25,32H,8-9,11,13-14,16H2,1H3/t17-,24+,25?/m1/s1. The molecule has 2 aliphatic heterocycles. The number of aliphatic hydroxyl groups excluding tert-OH is 1. The van der Waals surface area contributed by atoms with Crippen LogP contribution in [0.5, 0.6) is 0 Å². The summed E-state index contributed by atoms with van der Waals surface area (Å²) in [6.45, 7) is 3.66. The van der Waals surface area contributed by atoms with Gasteiger partial charge in [-0.05, 0) is 30.0 Å². The lowest BCUT2D eigenvalue weighted by Crippen LogP contribution is -2.45. The number of benzene rings is 1. The zero-order valence-electron chi connectivity index (χ0n) is 18.8. The van der Waals surface area contributed by atoms with E-state index in [9.17, 15) is 9.90 Å².